The molecular weight excluding hydrogens is 419 g/mol. The summed E-state index contributed by atoms with van der Waals surface area (Å²) in [5.41, 5.74) is 2.92. The number of nitrogens with zero attached hydrogens (tertiary/aromatic N) is 3. The number of rotatable bonds is 8. The van der Waals surface area contributed by atoms with Gasteiger partial charge in [-0.25, -0.2) is 8.70 Å². The van der Waals surface area contributed by atoms with Gasteiger partial charge >= 0.3 is 10.2 Å². The molecule has 162 valence electrons. The van der Waals surface area contributed by atoms with Gasteiger partial charge in [0.05, 0.1) is 5.69 Å². The van der Waals surface area contributed by atoms with E-state index in [0.29, 0.717) is 5.69 Å². The Hall–Kier alpha value is -3.30. The first-order valence-electron chi connectivity index (χ1n) is 9.49. The van der Waals surface area contributed by atoms with Crippen LogP contribution in [-0.2, 0) is 21.4 Å². The highest BCUT2D eigenvalue weighted by Crippen LogP contribution is 2.20. The number of nitrogens with one attached hydrogen (secondary N) is 1. The summed E-state index contributed by atoms with van der Waals surface area (Å²) in [6.45, 7) is -0.453. The summed E-state index contributed by atoms with van der Waals surface area (Å²) in [5, 5.41) is 2.71. The van der Waals surface area contributed by atoms with E-state index < -0.39 is 28.5 Å². The molecule has 0 unspecified atom stereocenters. The first-order valence-corrected chi connectivity index (χ1v) is 10.9. The van der Waals surface area contributed by atoms with Crippen molar-refractivity contribution >= 4 is 27.5 Å². The van der Waals surface area contributed by atoms with Crippen molar-refractivity contribution in [2.24, 2.45) is 0 Å². The molecule has 0 fully saturated rings. The summed E-state index contributed by atoms with van der Waals surface area (Å²) in [6.07, 6.45) is 4.20. The molecule has 1 heterocycles. The van der Waals surface area contributed by atoms with Gasteiger partial charge in [-0.15, -0.1) is 0 Å². The van der Waals surface area contributed by atoms with E-state index in [4.69, 9.17) is 0 Å². The normalized spacial score (nSPS) is 11.4. The minimum Gasteiger partial charge on any atom is -0.325 e. The van der Waals surface area contributed by atoms with E-state index in [2.05, 4.69) is 10.3 Å². The molecular formula is C22H23FN4O3S. The SMILES string of the molecule is CN(C)S(=O)(=O)N(CC(=O)Nc1ccc(Cc2ccncc2)cc1)c1ccc(F)cc1. The summed E-state index contributed by atoms with van der Waals surface area (Å²) in [5.74, 6) is -1.01. The molecule has 1 aromatic heterocycles. The zero-order chi connectivity index (χ0) is 22.4. The van der Waals surface area contributed by atoms with Crippen LogP contribution in [0.1, 0.15) is 11.1 Å². The van der Waals surface area contributed by atoms with Gasteiger partial charge in [0.1, 0.15) is 12.4 Å². The van der Waals surface area contributed by atoms with Gasteiger partial charge < -0.3 is 5.32 Å². The lowest BCUT2D eigenvalue weighted by atomic mass is 10.1. The van der Waals surface area contributed by atoms with Gasteiger partial charge in [-0.1, -0.05) is 12.1 Å². The zero-order valence-corrected chi connectivity index (χ0v) is 18.0. The minimum absolute atomic E-state index is 0.193. The van der Waals surface area contributed by atoms with Crippen LogP contribution in [0.5, 0.6) is 0 Å². The molecule has 0 aliphatic heterocycles. The van der Waals surface area contributed by atoms with Crippen molar-refractivity contribution in [2.75, 3.05) is 30.3 Å². The molecule has 0 bridgehead atoms. The van der Waals surface area contributed by atoms with Gasteiger partial charge in [0.25, 0.3) is 0 Å². The highest BCUT2D eigenvalue weighted by Gasteiger charge is 2.27. The first kappa shape index (κ1) is 22.4. The quantitative estimate of drug-likeness (QED) is 0.581. The van der Waals surface area contributed by atoms with E-state index in [1.54, 1.807) is 24.5 Å². The smallest absolute Gasteiger partial charge is 0.304 e. The van der Waals surface area contributed by atoms with E-state index >= 15 is 0 Å². The van der Waals surface area contributed by atoms with Crippen molar-refractivity contribution in [1.82, 2.24) is 9.29 Å². The van der Waals surface area contributed by atoms with Gasteiger partial charge in [-0.05, 0) is 66.1 Å². The van der Waals surface area contributed by atoms with Gasteiger partial charge in [0.15, 0.2) is 0 Å². The molecule has 0 saturated heterocycles. The second kappa shape index (κ2) is 9.67. The molecule has 0 saturated carbocycles. The Labute approximate surface area is 181 Å². The molecule has 3 rings (SSSR count). The highest BCUT2D eigenvalue weighted by atomic mass is 32.2. The summed E-state index contributed by atoms with van der Waals surface area (Å²) >= 11 is 0. The number of anilines is 2. The number of hydrogen-bond acceptors (Lipinski definition) is 4. The van der Waals surface area contributed by atoms with Gasteiger partial charge in [-0.2, -0.15) is 12.7 Å². The van der Waals surface area contributed by atoms with E-state index in [1.807, 2.05) is 24.3 Å². The van der Waals surface area contributed by atoms with Crippen LogP contribution in [0.2, 0.25) is 0 Å². The summed E-state index contributed by atoms with van der Waals surface area (Å²) < 4.78 is 40.6. The topological polar surface area (TPSA) is 82.6 Å². The summed E-state index contributed by atoms with van der Waals surface area (Å²) in [7, 11) is -1.22. The van der Waals surface area contributed by atoms with E-state index in [-0.39, 0.29) is 5.69 Å². The minimum atomic E-state index is -3.96. The molecule has 9 heteroatoms. The van der Waals surface area contributed by atoms with Gasteiger partial charge in [0.2, 0.25) is 5.91 Å². The fourth-order valence-electron chi connectivity index (χ4n) is 2.88. The predicted octanol–water partition coefficient (Wildman–Crippen LogP) is 3.06. The van der Waals surface area contributed by atoms with Crippen LogP contribution in [0, 0.1) is 5.82 Å². The van der Waals surface area contributed by atoms with Crippen molar-refractivity contribution in [3.8, 4) is 0 Å². The lowest BCUT2D eigenvalue weighted by Gasteiger charge is -2.26. The Morgan fingerprint density at radius 2 is 1.52 bits per heavy atom. The monoisotopic (exact) mass is 442 g/mol. The van der Waals surface area contributed by atoms with Crippen LogP contribution in [0.15, 0.2) is 73.1 Å². The molecule has 3 aromatic rings. The number of pyridine rings is 1. The average Bonchev–Trinajstić information content (AvgIpc) is 2.75. The summed E-state index contributed by atoms with van der Waals surface area (Å²) in [4.78, 5) is 16.6. The molecule has 2 aromatic carbocycles. The van der Waals surface area contributed by atoms with E-state index in [0.717, 1.165) is 38.3 Å². The number of carbonyl (C=O) groups excluding carboxylic acids is 1. The standard InChI is InChI=1S/C22H23FN4O3S/c1-26(2)31(29,30)27(21-9-5-19(23)6-10-21)16-22(28)25-20-7-3-17(4-8-20)15-18-11-13-24-14-12-18/h3-14H,15-16H2,1-2H3,(H,25,28). The van der Waals surface area contributed by atoms with Crippen molar-refractivity contribution in [1.29, 1.82) is 0 Å². The second-order valence-corrected chi connectivity index (χ2v) is 9.12. The average molecular weight is 443 g/mol. The third kappa shape index (κ3) is 5.87. The maximum atomic E-state index is 13.3. The fourth-order valence-corrected chi connectivity index (χ4v) is 3.95. The van der Waals surface area contributed by atoms with Crippen molar-refractivity contribution < 1.29 is 17.6 Å². The first-order chi connectivity index (χ1) is 14.8. The molecule has 0 atom stereocenters. The van der Waals surface area contributed by atoms with Gasteiger partial charge in [0, 0.05) is 32.2 Å². The van der Waals surface area contributed by atoms with Crippen LogP contribution in [0.25, 0.3) is 0 Å². The largest absolute Gasteiger partial charge is 0.325 e. The molecule has 0 aliphatic rings. The number of benzene rings is 2. The number of carbonyl (C=O) groups is 1. The second-order valence-electron chi connectivity index (χ2n) is 7.05. The van der Waals surface area contributed by atoms with E-state index in [9.17, 15) is 17.6 Å². The van der Waals surface area contributed by atoms with Crippen LogP contribution in [0.4, 0.5) is 15.8 Å². The Morgan fingerprint density at radius 1 is 0.935 bits per heavy atom. The maximum absolute atomic E-state index is 13.3. The fraction of sp³-hybridized carbons (Fsp3) is 0.182. The Morgan fingerprint density at radius 3 is 2.10 bits per heavy atom. The van der Waals surface area contributed by atoms with Crippen molar-refractivity contribution in [2.45, 2.75) is 6.42 Å². The molecule has 31 heavy (non-hydrogen) atoms. The predicted molar refractivity (Wildman–Crippen MR) is 118 cm³/mol. The molecule has 1 N–H and O–H groups in total. The third-order valence-electron chi connectivity index (χ3n) is 4.54. The molecule has 0 radical (unpaired) electrons. The van der Waals surface area contributed by atoms with Crippen LogP contribution >= 0.6 is 0 Å². The molecule has 7 nitrogen and oxygen atoms in total. The van der Waals surface area contributed by atoms with E-state index in [1.165, 1.54) is 26.2 Å². The molecule has 0 aliphatic carbocycles. The van der Waals surface area contributed by atoms with Gasteiger partial charge in [-0.3, -0.25) is 9.78 Å². The Balaban J connectivity index is 1.71. The van der Waals surface area contributed by atoms with Crippen LogP contribution in [-0.4, -0.2) is 44.3 Å². The zero-order valence-electron chi connectivity index (χ0n) is 17.2. The number of hydrogen-bond donors (Lipinski definition) is 1. The molecule has 1 amide bonds. The van der Waals surface area contributed by atoms with Crippen LogP contribution in [0.3, 0.4) is 0 Å². The number of amides is 1. The lowest BCUT2D eigenvalue weighted by Crippen LogP contribution is -2.44. The van der Waals surface area contributed by atoms with Crippen molar-refractivity contribution in [3.05, 3.63) is 90.0 Å². The number of aromatic nitrogens is 1. The van der Waals surface area contributed by atoms with Crippen molar-refractivity contribution in [3.63, 3.8) is 0 Å². The molecule has 0 spiro atoms. The Bertz CT molecular complexity index is 1120. The maximum Gasteiger partial charge on any atom is 0.304 e. The lowest BCUT2D eigenvalue weighted by molar-refractivity contribution is -0.114. The Kier molecular flexibility index (Phi) is 6.98. The van der Waals surface area contributed by atoms with Crippen LogP contribution < -0.4 is 9.62 Å². The number of halogens is 1. The third-order valence-corrected chi connectivity index (χ3v) is 6.36. The summed E-state index contributed by atoms with van der Waals surface area (Å²) in [6, 6.07) is 16.1. The highest BCUT2D eigenvalue weighted by molar-refractivity contribution is 7.90.